The third-order valence-corrected chi connectivity index (χ3v) is 7.03. The van der Waals surface area contributed by atoms with Gasteiger partial charge in [0.1, 0.15) is 0 Å². The topological polar surface area (TPSA) is 74.6 Å². The van der Waals surface area contributed by atoms with Crippen molar-refractivity contribution in [2.75, 3.05) is 0 Å². The Morgan fingerprint density at radius 2 is 1.63 bits per heavy atom. The summed E-state index contributed by atoms with van der Waals surface area (Å²) in [5.74, 6) is -2.69. The Bertz CT molecular complexity index is 866. The van der Waals surface area contributed by atoms with Crippen LogP contribution in [-0.2, 0) is 9.59 Å². The van der Waals surface area contributed by atoms with Crippen molar-refractivity contribution in [3.05, 3.63) is 48.0 Å². The largest absolute Gasteiger partial charge is 0.481 e. The maximum atomic E-state index is 12.7. The molecular weight excluding hydrogens is 340 g/mol. The van der Waals surface area contributed by atoms with Gasteiger partial charge in [-0.3, -0.25) is 9.59 Å². The van der Waals surface area contributed by atoms with E-state index in [1.807, 2.05) is 42.5 Å². The first-order valence-corrected chi connectivity index (χ1v) is 9.99. The maximum absolute atomic E-state index is 12.7. The smallest absolute Gasteiger partial charge is 0.312 e. The number of aliphatic carboxylic acids is 2. The quantitative estimate of drug-likeness (QED) is 0.792. The highest BCUT2D eigenvalue weighted by atomic mass is 16.4. The summed E-state index contributed by atoms with van der Waals surface area (Å²) in [6.45, 7) is 0. The molecule has 27 heavy (non-hydrogen) atoms. The zero-order valence-electron chi connectivity index (χ0n) is 15.4. The second-order valence-corrected chi connectivity index (χ2v) is 8.23. The highest BCUT2D eigenvalue weighted by Crippen LogP contribution is 2.58. The standard InChI is InChI=1S/C23H26O4/c24-21(25)20(18-12-5-9-15-7-1-3-11-17(15)18)23(22(26)27)14-6-10-16-8-2-4-13-19(16)23/h1,3,5,7,9,11-12,16,19-20H,2,4,6,8,10,13-14H2,(H,24,25)(H,26,27). The Morgan fingerprint density at radius 3 is 2.41 bits per heavy atom. The molecular formula is C23H26O4. The molecule has 4 atom stereocenters. The molecule has 4 heteroatoms. The number of benzene rings is 2. The Morgan fingerprint density at radius 1 is 0.926 bits per heavy atom. The van der Waals surface area contributed by atoms with Crippen LogP contribution in [0.4, 0.5) is 0 Å². The number of hydrogen-bond donors (Lipinski definition) is 2. The van der Waals surface area contributed by atoms with Crippen molar-refractivity contribution < 1.29 is 19.8 Å². The van der Waals surface area contributed by atoms with Gasteiger partial charge in [-0.25, -0.2) is 0 Å². The first kappa shape index (κ1) is 18.0. The van der Waals surface area contributed by atoms with Gasteiger partial charge in [0.15, 0.2) is 0 Å². The lowest BCUT2D eigenvalue weighted by molar-refractivity contribution is -0.169. The number of carboxylic acid groups (broad SMARTS) is 2. The Balaban J connectivity index is 1.93. The van der Waals surface area contributed by atoms with Crippen molar-refractivity contribution in [3.63, 3.8) is 0 Å². The van der Waals surface area contributed by atoms with E-state index >= 15 is 0 Å². The molecule has 0 heterocycles. The highest BCUT2D eigenvalue weighted by molar-refractivity contribution is 5.94. The van der Waals surface area contributed by atoms with Crippen LogP contribution in [0.1, 0.15) is 56.4 Å². The summed E-state index contributed by atoms with van der Waals surface area (Å²) >= 11 is 0. The summed E-state index contributed by atoms with van der Waals surface area (Å²) in [6, 6.07) is 13.3. The molecule has 0 aliphatic heterocycles. The molecule has 0 radical (unpaired) electrons. The lowest BCUT2D eigenvalue weighted by Crippen LogP contribution is -2.52. The molecule has 2 fully saturated rings. The molecule has 4 unspecified atom stereocenters. The minimum absolute atomic E-state index is 0.0578. The monoisotopic (exact) mass is 366 g/mol. The number of rotatable bonds is 4. The number of fused-ring (bicyclic) bond motifs is 2. The molecule has 4 nitrogen and oxygen atoms in total. The van der Waals surface area contributed by atoms with Crippen molar-refractivity contribution in [2.45, 2.75) is 50.9 Å². The molecule has 0 spiro atoms. The van der Waals surface area contributed by atoms with Crippen LogP contribution in [-0.4, -0.2) is 22.2 Å². The lowest BCUT2D eigenvalue weighted by Gasteiger charge is -2.50. The van der Waals surface area contributed by atoms with Crippen molar-refractivity contribution in [1.29, 1.82) is 0 Å². The SMILES string of the molecule is O=C(O)C(c1cccc2ccccc12)C1(C(=O)O)CCCC2CCCCC21. The number of carbonyl (C=O) groups is 2. The van der Waals surface area contributed by atoms with Crippen LogP contribution < -0.4 is 0 Å². The van der Waals surface area contributed by atoms with Gasteiger partial charge in [0, 0.05) is 0 Å². The molecule has 142 valence electrons. The summed E-state index contributed by atoms with van der Waals surface area (Å²) in [5, 5.41) is 22.5. The van der Waals surface area contributed by atoms with Gasteiger partial charge in [-0.1, -0.05) is 74.6 Å². The summed E-state index contributed by atoms with van der Waals surface area (Å²) in [4.78, 5) is 25.3. The highest BCUT2D eigenvalue weighted by Gasteiger charge is 2.58. The fraction of sp³-hybridized carbons (Fsp3) is 0.478. The van der Waals surface area contributed by atoms with E-state index in [4.69, 9.17) is 0 Å². The van der Waals surface area contributed by atoms with Crippen LogP contribution in [0.5, 0.6) is 0 Å². The van der Waals surface area contributed by atoms with E-state index in [-0.39, 0.29) is 5.92 Å². The number of hydrogen-bond acceptors (Lipinski definition) is 2. The molecule has 0 saturated heterocycles. The predicted molar refractivity (Wildman–Crippen MR) is 104 cm³/mol. The van der Waals surface area contributed by atoms with Crippen LogP contribution in [0.15, 0.2) is 42.5 Å². The van der Waals surface area contributed by atoms with E-state index in [9.17, 15) is 19.8 Å². The minimum atomic E-state index is -1.22. The average molecular weight is 366 g/mol. The van der Waals surface area contributed by atoms with Gasteiger partial charge >= 0.3 is 11.9 Å². The van der Waals surface area contributed by atoms with E-state index in [1.54, 1.807) is 0 Å². The van der Waals surface area contributed by atoms with Crippen LogP contribution >= 0.6 is 0 Å². The van der Waals surface area contributed by atoms with Crippen molar-refractivity contribution in [2.24, 2.45) is 17.3 Å². The van der Waals surface area contributed by atoms with Gasteiger partial charge in [-0.15, -0.1) is 0 Å². The normalized spacial score (nSPS) is 29.0. The van der Waals surface area contributed by atoms with Gasteiger partial charge < -0.3 is 10.2 Å². The van der Waals surface area contributed by atoms with Crippen LogP contribution in [0, 0.1) is 17.3 Å². The third-order valence-electron chi connectivity index (χ3n) is 7.03. The molecule has 0 aromatic heterocycles. The third kappa shape index (κ3) is 2.82. The van der Waals surface area contributed by atoms with Gasteiger partial charge in [0.25, 0.3) is 0 Å². The maximum Gasteiger partial charge on any atom is 0.312 e. The molecule has 2 aliphatic carbocycles. The Kier molecular flexibility index (Phi) is 4.67. The molecule has 2 saturated carbocycles. The first-order valence-electron chi connectivity index (χ1n) is 9.99. The van der Waals surface area contributed by atoms with Gasteiger partial charge in [0.05, 0.1) is 11.3 Å². The van der Waals surface area contributed by atoms with Gasteiger partial charge in [-0.05, 0) is 41.0 Å². The first-order chi connectivity index (χ1) is 13.1. The van der Waals surface area contributed by atoms with E-state index in [1.165, 1.54) is 0 Å². The molecule has 2 aliphatic rings. The molecule has 2 aromatic carbocycles. The number of carboxylic acids is 2. The molecule has 0 amide bonds. The zero-order valence-corrected chi connectivity index (χ0v) is 15.4. The van der Waals surface area contributed by atoms with E-state index in [2.05, 4.69) is 0 Å². The van der Waals surface area contributed by atoms with Crippen LogP contribution in [0.3, 0.4) is 0 Å². The van der Waals surface area contributed by atoms with Crippen molar-refractivity contribution in [1.82, 2.24) is 0 Å². The molecule has 4 rings (SSSR count). The second kappa shape index (κ2) is 6.99. The second-order valence-electron chi connectivity index (χ2n) is 8.23. The van der Waals surface area contributed by atoms with Crippen LogP contribution in [0.25, 0.3) is 10.8 Å². The van der Waals surface area contributed by atoms with Gasteiger partial charge in [-0.2, -0.15) is 0 Å². The molecule has 0 bridgehead atoms. The van der Waals surface area contributed by atoms with E-state index < -0.39 is 23.3 Å². The van der Waals surface area contributed by atoms with Crippen molar-refractivity contribution in [3.8, 4) is 0 Å². The van der Waals surface area contributed by atoms with Crippen LogP contribution in [0.2, 0.25) is 0 Å². The predicted octanol–water partition coefficient (Wildman–Crippen LogP) is 5.07. The zero-order chi connectivity index (χ0) is 19.0. The summed E-state index contributed by atoms with van der Waals surface area (Å²) in [7, 11) is 0. The molecule has 2 aromatic rings. The fourth-order valence-electron chi connectivity index (χ4n) is 5.95. The molecule has 2 N–H and O–H groups in total. The summed E-state index contributed by atoms with van der Waals surface area (Å²) in [5.41, 5.74) is -0.575. The average Bonchev–Trinajstić information content (AvgIpc) is 2.68. The van der Waals surface area contributed by atoms with E-state index in [0.29, 0.717) is 17.9 Å². The fourth-order valence-corrected chi connectivity index (χ4v) is 5.95. The minimum Gasteiger partial charge on any atom is -0.481 e. The van der Waals surface area contributed by atoms with Gasteiger partial charge in [0.2, 0.25) is 0 Å². The van der Waals surface area contributed by atoms with Crippen molar-refractivity contribution >= 4 is 22.7 Å². The Labute approximate surface area is 159 Å². The van der Waals surface area contributed by atoms with E-state index in [0.717, 1.165) is 49.3 Å². The lowest BCUT2D eigenvalue weighted by atomic mass is 9.51. The summed E-state index contributed by atoms with van der Waals surface area (Å²) < 4.78 is 0. The summed E-state index contributed by atoms with van der Waals surface area (Å²) in [6.07, 6.45) is 6.25. The Hall–Kier alpha value is -2.36.